The Labute approximate surface area is 123 Å². The van der Waals surface area contributed by atoms with Crippen molar-refractivity contribution in [1.29, 1.82) is 0 Å². The van der Waals surface area contributed by atoms with Crippen LogP contribution in [-0.2, 0) is 11.2 Å². The zero-order valence-electron chi connectivity index (χ0n) is 9.91. The van der Waals surface area contributed by atoms with Crippen molar-refractivity contribution in [1.82, 2.24) is 4.98 Å². The van der Waals surface area contributed by atoms with Crippen LogP contribution in [0.5, 0.6) is 0 Å². The molecule has 18 heavy (non-hydrogen) atoms. The molecule has 0 aliphatic rings. The van der Waals surface area contributed by atoms with Gasteiger partial charge in [0.15, 0.2) is 0 Å². The minimum absolute atomic E-state index is 0. The molecule has 0 amide bonds. The molecule has 0 N–H and O–H groups in total. The molecule has 1 aromatic carbocycles. The SMILES string of the molecule is CC(=O)C(Cc1ccccc1)c1cscn1.Cl.Cl. The molecule has 2 aromatic rings. The molecule has 0 aliphatic carbocycles. The minimum Gasteiger partial charge on any atom is -0.299 e. The quantitative estimate of drug-likeness (QED) is 0.857. The van der Waals surface area contributed by atoms with E-state index >= 15 is 0 Å². The van der Waals surface area contributed by atoms with Crippen molar-refractivity contribution in [3.8, 4) is 0 Å². The maximum atomic E-state index is 11.6. The van der Waals surface area contributed by atoms with Crippen LogP contribution in [0.1, 0.15) is 24.1 Å². The Kier molecular flexibility index (Phi) is 7.83. The maximum absolute atomic E-state index is 11.6. The van der Waals surface area contributed by atoms with Crippen LogP contribution < -0.4 is 0 Å². The van der Waals surface area contributed by atoms with Crippen LogP contribution in [0.25, 0.3) is 0 Å². The van der Waals surface area contributed by atoms with E-state index in [-0.39, 0.29) is 36.5 Å². The first-order valence-corrected chi connectivity index (χ1v) is 6.14. The number of Topliss-reactive ketones (excluding diaryl/α,β-unsaturated/α-hetero) is 1. The molecule has 1 aromatic heterocycles. The van der Waals surface area contributed by atoms with Gasteiger partial charge in [-0.25, -0.2) is 4.98 Å². The summed E-state index contributed by atoms with van der Waals surface area (Å²) in [7, 11) is 0. The summed E-state index contributed by atoms with van der Waals surface area (Å²) in [4.78, 5) is 15.8. The van der Waals surface area contributed by atoms with Crippen LogP contribution in [0.3, 0.4) is 0 Å². The van der Waals surface area contributed by atoms with Crippen molar-refractivity contribution in [3.63, 3.8) is 0 Å². The number of nitrogens with zero attached hydrogens (tertiary/aromatic N) is 1. The lowest BCUT2D eigenvalue weighted by Crippen LogP contribution is -2.12. The second-order valence-electron chi connectivity index (χ2n) is 3.77. The average Bonchev–Trinajstić information content (AvgIpc) is 2.80. The standard InChI is InChI=1S/C13H13NOS.2ClH/c1-10(15)12(13-8-16-9-14-13)7-11-5-3-2-4-6-11;;/h2-6,8-9,12H,7H2,1H3;2*1H. The third-order valence-corrected chi connectivity index (χ3v) is 3.19. The Hall–Kier alpha value is -0.900. The van der Waals surface area contributed by atoms with Crippen LogP contribution in [0.2, 0.25) is 0 Å². The number of thiazole rings is 1. The predicted molar refractivity (Wildman–Crippen MR) is 80.2 cm³/mol. The van der Waals surface area contributed by atoms with E-state index in [1.165, 1.54) is 16.9 Å². The first-order valence-electron chi connectivity index (χ1n) is 5.20. The van der Waals surface area contributed by atoms with Gasteiger partial charge < -0.3 is 0 Å². The molecule has 2 rings (SSSR count). The first-order chi connectivity index (χ1) is 7.77. The Balaban J connectivity index is 0.00000144. The molecule has 0 bridgehead atoms. The molecule has 1 heterocycles. The normalized spacial score (nSPS) is 10.9. The number of halogens is 2. The third-order valence-electron chi connectivity index (χ3n) is 2.58. The van der Waals surface area contributed by atoms with Gasteiger partial charge in [-0.1, -0.05) is 30.3 Å². The van der Waals surface area contributed by atoms with Gasteiger partial charge in [-0.3, -0.25) is 4.79 Å². The molecule has 0 fully saturated rings. The molecule has 0 spiro atoms. The third kappa shape index (κ3) is 4.41. The van der Waals surface area contributed by atoms with Crippen molar-refractivity contribution in [2.75, 3.05) is 0 Å². The van der Waals surface area contributed by atoms with E-state index in [4.69, 9.17) is 0 Å². The number of carbonyl (C=O) groups is 1. The molecule has 0 aliphatic heterocycles. The maximum Gasteiger partial charge on any atom is 0.139 e. The van der Waals surface area contributed by atoms with Crippen LogP contribution in [0.4, 0.5) is 0 Å². The number of hydrogen-bond acceptors (Lipinski definition) is 3. The molecule has 0 radical (unpaired) electrons. The second kappa shape index (κ2) is 8.25. The summed E-state index contributed by atoms with van der Waals surface area (Å²) in [6, 6.07) is 10.1. The van der Waals surface area contributed by atoms with Gasteiger partial charge in [-0.05, 0) is 18.9 Å². The Morgan fingerprint density at radius 2 is 1.94 bits per heavy atom. The van der Waals surface area contributed by atoms with Gasteiger partial charge in [0, 0.05) is 5.38 Å². The Morgan fingerprint density at radius 3 is 2.44 bits per heavy atom. The van der Waals surface area contributed by atoms with Crippen molar-refractivity contribution < 1.29 is 4.79 Å². The molecular weight excluding hydrogens is 289 g/mol. The summed E-state index contributed by atoms with van der Waals surface area (Å²) in [5.74, 6) is 0.0726. The summed E-state index contributed by atoms with van der Waals surface area (Å²) < 4.78 is 0. The number of benzene rings is 1. The number of aromatic nitrogens is 1. The summed E-state index contributed by atoms with van der Waals surface area (Å²) in [6.07, 6.45) is 0.736. The fourth-order valence-electron chi connectivity index (χ4n) is 1.70. The van der Waals surface area contributed by atoms with E-state index in [0.29, 0.717) is 0 Å². The largest absolute Gasteiger partial charge is 0.299 e. The van der Waals surface area contributed by atoms with Crippen molar-refractivity contribution in [2.45, 2.75) is 19.3 Å². The molecule has 1 unspecified atom stereocenters. The van der Waals surface area contributed by atoms with Crippen LogP contribution in [-0.4, -0.2) is 10.8 Å². The topological polar surface area (TPSA) is 30.0 Å². The number of carbonyl (C=O) groups excluding carboxylic acids is 1. The highest BCUT2D eigenvalue weighted by molar-refractivity contribution is 7.07. The lowest BCUT2D eigenvalue weighted by Gasteiger charge is -2.10. The Morgan fingerprint density at radius 1 is 1.28 bits per heavy atom. The van der Waals surface area contributed by atoms with Crippen molar-refractivity contribution >= 4 is 41.9 Å². The number of hydrogen-bond donors (Lipinski definition) is 0. The average molecular weight is 304 g/mol. The van der Waals surface area contributed by atoms with Gasteiger partial charge in [-0.2, -0.15) is 0 Å². The summed E-state index contributed by atoms with van der Waals surface area (Å²) in [5.41, 5.74) is 3.84. The van der Waals surface area contributed by atoms with E-state index in [0.717, 1.165) is 12.1 Å². The van der Waals surface area contributed by atoms with Gasteiger partial charge >= 0.3 is 0 Å². The van der Waals surface area contributed by atoms with Gasteiger partial charge in [0.2, 0.25) is 0 Å². The van der Waals surface area contributed by atoms with Crippen LogP contribution in [0.15, 0.2) is 41.2 Å². The summed E-state index contributed by atoms with van der Waals surface area (Å²) in [6.45, 7) is 1.63. The second-order valence-corrected chi connectivity index (χ2v) is 4.48. The number of rotatable bonds is 4. The Bertz CT molecular complexity index is 459. The summed E-state index contributed by atoms with van der Waals surface area (Å²) >= 11 is 1.53. The monoisotopic (exact) mass is 303 g/mol. The molecule has 2 nitrogen and oxygen atoms in total. The van der Waals surface area contributed by atoms with E-state index < -0.39 is 0 Å². The fraction of sp³-hybridized carbons (Fsp3) is 0.231. The molecule has 98 valence electrons. The van der Waals surface area contributed by atoms with Crippen molar-refractivity contribution in [3.05, 3.63) is 52.5 Å². The summed E-state index contributed by atoms with van der Waals surface area (Å²) in [5, 5.41) is 1.95. The molecule has 0 saturated carbocycles. The smallest absolute Gasteiger partial charge is 0.139 e. The molecule has 0 saturated heterocycles. The van der Waals surface area contributed by atoms with Gasteiger partial charge in [-0.15, -0.1) is 36.2 Å². The van der Waals surface area contributed by atoms with Gasteiger partial charge in [0.1, 0.15) is 5.78 Å². The van der Waals surface area contributed by atoms with Crippen molar-refractivity contribution in [2.24, 2.45) is 0 Å². The minimum atomic E-state index is -0.103. The lowest BCUT2D eigenvalue weighted by atomic mass is 9.93. The fourth-order valence-corrected chi connectivity index (χ4v) is 2.31. The highest BCUT2D eigenvalue weighted by atomic mass is 35.5. The van der Waals surface area contributed by atoms with E-state index in [9.17, 15) is 4.79 Å². The predicted octanol–water partition coefficient (Wildman–Crippen LogP) is 3.90. The van der Waals surface area contributed by atoms with E-state index in [1.54, 1.807) is 12.4 Å². The zero-order chi connectivity index (χ0) is 11.4. The van der Waals surface area contributed by atoms with Gasteiger partial charge in [0.05, 0.1) is 17.1 Å². The molecular formula is C13H15Cl2NOS. The molecule has 1 atom stereocenters. The highest BCUT2D eigenvalue weighted by Gasteiger charge is 2.18. The molecule has 5 heteroatoms. The highest BCUT2D eigenvalue weighted by Crippen LogP contribution is 2.21. The zero-order valence-corrected chi connectivity index (χ0v) is 12.4. The van der Waals surface area contributed by atoms with Crippen LogP contribution in [0, 0.1) is 0 Å². The van der Waals surface area contributed by atoms with E-state index in [1.807, 2.05) is 35.7 Å². The lowest BCUT2D eigenvalue weighted by molar-refractivity contribution is -0.118. The number of ketones is 1. The van der Waals surface area contributed by atoms with Gasteiger partial charge in [0.25, 0.3) is 0 Å². The first kappa shape index (κ1) is 17.1. The van der Waals surface area contributed by atoms with E-state index in [2.05, 4.69) is 4.98 Å². The van der Waals surface area contributed by atoms with Crippen LogP contribution >= 0.6 is 36.2 Å².